The summed E-state index contributed by atoms with van der Waals surface area (Å²) in [5.74, 6) is 3.00. The summed E-state index contributed by atoms with van der Waals surface area (Å²) >= 11 is 0. The van der Waals surface area contributed by atoms with E-state index < -0.39 is 0 Å². The molecule has 0 unspecified atom stereocenters. The molecule has 1 saturated carbocycles. The van der Waals surface area contributed by atoms with Gasteiger partial charge in [-0.15, -0.1) is 0 Å². The number of nitrogens with one attached hydrogen (secondary N) is 1. The highest BCUT2D eigenvalue weighted by atomic mass is 16.4. The number of furan rings is 1. The zero-order valence-electron chi connectivity index (χ0n) is 14.7. The highest BCUT2D eigenvalue weighted by Gasteiger charge is 2.28. The van der Waals surface area contributed by atoms with Crippen molar-refractivity contribution in [2.24, 2.45) is 11.8 Å². The third-order valence-corrected chi connectivity index (χ3v) is 5.14. The van der Waals surface area contributed by atoms with E-state index in [0.29, 0.717) is 18.2 Å². The molecule has 25 heavy (non-hydrogen) atoms. The van der Waals surface area contributed by atoms with E-state index in [1.165, 1.54) is 12.8 Å². The number of oxazole rings is 1. The maximum atomic E-state index is 12.4. The van der Waals surface area contributed by atoms with Crippen LogP contribution in [0.4, 0.5) is 0 Å². The normalized spacial score (nSPS) is 21.4. The number of amides is 1. The predicted octanol–water partition coefficient (Wildman–Crippen LogP) is 2.98. The second-order valence-corrected chi connectivity index (χ2v) is 7.26. The molecule has 4 rings (SSSR count). The first-order valence-corrected chi connectivity index (χ1v) is 9.19. The van der Waals surface area contributed by atoms with Gasteiger partial charge in [-0.1, -0.05) is 0 Å². The molecule has 1 N–H and O–H groups in total. The fourth-order valence-corrected chi connectivity index (χ4v) is 3.42. The molecular weight excluding hydrogens is 318 g/mol. The number of nitrogens with zero attached hydrogens (tertiary/aromatic N) is 2. The molecule has 0 aromatic carbocycles. The lowest BCUT2D eigenvalue weighted by Crippen LogP contribution is -2.43. The highest BCUT2D eigenvalue weighted by molar-refractivity contribution is 5.79. The monoisotopic (exact) mass is 343 g/mol. The van der Waals surface area contributed by atoms with Gasteiger partial charge in [0.1, 0.15) is 5.76 Å². The third-order valence-electron chi connectivity index (χ3n) is 5.14. The number of piperidine rings is 1. The van der Waals surface area contributed by atoms with Crippen LogP contribution in [0.3, 0.4) is 0 Å². The average molecular weight is 343 g/mol. The maximum Gasteiger partial charge on any atom is 0.263 e. The van der Waals surface area contributed by atoms with Crippen molar-refractivity contribution in [2.75, 3.05) is 19.6 Å². The molecule has 0 radical (unpaired) electrons. The maximum absolute atomic E-state index is 12.4. The minimum atomic E-state index is 0.0873. The standard InChI is InChI=1S/C19H25N3O3/c1-13-16(21-19(25-13)17-5-3-9-24-17)12-22-8-2-4-15(11-22)18(23)20-10-14-6-7-14/h3,5,9,14-15H,2,4,6-8,10-12H2,1H3,(H,20,23)/t15-/m0/s1. The van der Waals surface area contributed by atoms with Gasteiger partial charge in [0.05, 0.1) is 17.9 Å². The molecule has 2 aliphatic rings. The number of aryl methyl sites for hydroxylation is 1. The Balaban J connectivity index is 1.36. The highest BCUT2D eigenvalue weighted by Crippen LogP contribution is 2.28. The Morgan fingerprint density at radius 2 is 2.28 bits per heavy atom. The van der Waals surface area contributed by atoms with Crippen LogP contribution in [0.2, 0.25) is 0 Å². The fourth-order valence-electron chi connectivity index (χ4n) is 3.42. The van der Waals surface area contributed by atoms with Gasteiger partial charge in [0, 0.05) is 19.6 Å². The quantitative estimate of drug-likeness (QED) is 0.873. The van der Waals surface area contributed by atoms with Crippen LogP contribution in [-0.4, -0.2) is 35.4 Å². The number of hydrogen-bond donors (Lipinski definition) is 1. The summed E-state index contributed by atoms with van der Waals surface area (Å²) < 4.78 is 11.1. The van der Waals surface area contributed by atoms with Crippen molar-refractivity contribution < 1.29 is 13.6 Å². The molecule has 134 valence electrons. The summed E-state index contributed by atoms with van der Waals surface area (Å²) in [5.41, 5.74) is 0.922. The summed E-state index contributed by atoms with van der Waals surface area (Å²) in [5, 5.41) is 3.12. The first-order chi connectivity index (χ1) is 12.2. The van der Waals surface area contributed by atoms with E-state index >= 15 is 0 Å². The number of carbonyl (C=O) groups is 1. The lowest BCUT2D eigenvalue weighted by atomic mass is 9.97. The Hall–Kier alpha value is -2.08. The molecule has 0 bridgehead atoms. The number of hydrogen-bond acceptors (Lipinski definition) is 5. The molecule has 6 heteroatoms. The van der Waals surface area contributed by atoms with Gasteiger partial charge in [0.25, 0.3) is 5.89 Å². The molecule has 0 spiro atoms. The Bertz CT molecular complexity index is 718. The number of likely N-dealkylation sites (tertiary alicyclic amines) is 1. The van der Waals surface area contributed by atoms with Gasteiger partial charge in [0.15, 0.2) is 5.76 Å². The van der Waals surface area contributed by atoms with Crippen molar-refractivity contribution in [1.29, 1.82) is 0 Å². The molecule has 2 aromatic rings. The Kier molecular flexibility index (Phi) is 4.61. The molecule has 6 nitrogen and oxygen atoms in total. The van der Waals surface area contributed by atoms with Crippen molar-refractivity contribution in [2.45, 2.75) is 39.2 Å². The summed E-state index contributed by atoms with van der Waals surface area (Å²) in [7, 11) is 0. The summed E-state index contributed by atoms with van der Waals surface area (Å²) in [6, 6.07) is 3.67. The molecule has 1 amide bonds. The molecule has 1 atom stereocenters. The molecule has 1 aliphatic heterocycles. The van der Waals surface area contributed by atoms with Crippen molar-refractivity contribution in [3.8, 4) is 11.7 Å². The van der Waals surface area contributed by atoms with E-state index in [4.69, 9.17) is 8.83 Å². The van der Waals surface area contributed by atoms with Crippen LogP contribution in [0.25, 0.3) is 11.7 Å². The largest absolute Gasteiger partial charge is 0.459 e. The molecule has 1 saturated heterocycles. The van der Waals surface area contributed by atoms with Gasteiger partial charge < -0.3 is 14.2 Å². The van der Waals surface area contributed by atoms with Crippen LogP contribution < -0.4 is 5.32 Å². The Morgan fingerprint density at radius 1 is 1.40 bits per heavy atom. The van der Waals surface area contributed by atoms with Crippen LogP contribution in [0, 0.1) is 18.8 Å². The van der Waals surface area contributed by atoms with Crippen LogP contribution in [0.15, 0.2) is 27.2 Å². The van der Waals surface area contributed by atoms with E-state index in [9.17, 15) is 4.79 Å². The van der Waals surface area contributed by atoms with Gasteiger partial charge in [-0.05, 0) is 57.2 Å². The predicted molar refractivity (Wildman–Crippen MR) is 92.7 cm³/mol. The molecule has 1 aliphatic carbocycles. The number of carbonyl (C=O) groups excluding carboxylic acids is 1. The van der Waals surface area contributed by atoms with Crippen molar-refractivity contribution >= 4 is 5.91 Å². The molecular formula is C19H25N3O3. The number of aromatic nitrogens is 1. The van der Waals surface area contributed by atoms with Crippen molar-refractivity contribution in [3.05, 3.63) is 29.9 Å². The van der Waals surface area contributed by atoms with E-state index in [1.807, 2.05) is 19.1 Å². The lowest BCUT2D eigenvalue weighted by molar-refractivity contribution is -0.126. The minimum absolute atomic E-state index is 0.0873. The topological polar surface area (TPSA) is 71.5 Å². The smallest absolute Gasteiger partial charge is 0.263 e. The molecule has 3 heterocycles. The Labute approximate surface area is 147 Å². The first kappa shape index (κ1) is 16.4. The van der Waals surface area contributed by atoms with Crippen LogP contribution in [0.5, 0.6) is 0 Å². The van der Waals surface area contributed by atoms with E-state index in [-0.39, 0.29) is 11.8 Å². The zero-order valence-corrected chi connectivity index (χ0v) is 14.7. The molecule has 2 fully saturated rings. The lowest BCUT2D eigenvalue weighted by Gasteiger charge is -2.31. The Morgan fingerprint density at radius 3 is 3.04 bits per heavy atom. The summed E-state index contributed by atoms with van der Waals surface area (Å²) in [4.78, 5) is 19.3. The van der Waals surface area contributed by atoms with Gasteiger partial charge in [-0.2, -0.15) is 0 Å². The summed E-state index contributed by atoms with van der Waals surface area (Å²) in [6.07, 6.45) is 6.16. The number of rotatable bonds is 6. The van der Waals surface area contributed by atoms with E-state index in [1.54, 1.807) is 6.26 Å². The second-order valence-electron chi connectivity index (χ2n) is 7.26. The van der Waals surface area contributed by atoms with Crippen LogP contribution in [0.1, 0.15) is 37.1 Å². The van der Waals surface area contributed by atoms with Gasteiger partial charge in [0.2, 0.25) is 5.91 Å². The fraction of sp³-hybridized carbons (Fsp3) is 0.579. The average Bonchev–Trinajstić information content (AvgIpc) is 3.14. The SMILES string of the molecule is Cc1oc(-c2ccco2)nc1CN1CCC[C@H](C(=O)NCC2CC2)C1. The third kappa shape index (κ3) is 3.95. The van der Waals surface area contributed by atoms with Gasteiger partial charge in [-0.3, -0.25) is 9.69 Å². The minimum Gasteiger partial charge on any atom is -0.459 e. The van der Waals surface area contributed by atoms with Gasteiger partial charge in [-0.25, -0.2) is 4.98 Å². The van der Waals surface area contributed by atoms with Crippen molar-refractivity contribution in [3.63, 3.8) is 0 Å². The molecule has 2 aromatic heterocycles. The van der Waals surface area contributed by atoms with E-state index in [2.05, 4.69) is 15.2 Å². The van der Waals surface area contributed by atoms with Gasteiger partial charge >= 0.3 is 0 Å². The first-order valence-electron chi connectivity index (χ1n) is 9.19. The second kappa shape index (κ2) is 7.04. The zero-order chi connectivity index (χ0) is 17.2. The van der Waals surface area contributed by atoms with Crippen LogP contribution in [-0.2, 0) is 11.3 Å². The summed E-state index contributed by atoms with van der Waals surface area (Å²) in [6.45, 7) is 5.28. The van der Waals surface area contributed by atoms with E-state index in [0.717, 1.165) is 49.8 Å². The van der Waals surface area contributed by atoms with Crippen molar-refractivity contribution in [1.82, 2.24) is 15.2 Å². The van der Waals surface area contributed by atoms with Crippen LogP contribution >= 0.6 is 0 Å².